The van der Waals surface area contributed by atoms with Crippen molar-refractivity contribution < 1.29 is 22.7 Å². The molecular weight excluding hydrogens is 404 g/mol. The summed E-state index contributed by atoms with van der Waals surface area (Å²) in [5.41, 5.74) is 3.41. The topological polar surface area (TPSA) is 93.7 Å². The maximum atomic E-state index is 12.7. The van der Waals surface area contributed by atoms with Crippen LogP contribution in [0.25, 0.3) is 0 Å². The highest BCUT2D eigenvalue weighted by atomic mass is 32.2. The maximum absolute atomic E-state index is 12.7. The smallest absolute Gasteiger partial charge is 0.261 e. The van der Waals surface area contributed by atoms with Gasteiger partial charge in [-0.25, -0.2) is 8.42 Å². The SMILES string of the molecule is COc1ccc(NS(=O)(=O)c2cccc(C(=O)Nc3ccc4c(c3)COC4)c2)cc1. The molecule has 4 rings (SSSR count). The molecule has 7 nitrogen and oxygen atoms in total. The standard InChI is InChI=1S/C22H20N2O5S/c1-28-20-9-7-18(8-10-20)24-30(26,27)21-4-2-3-15(12-21)22(25)23-19-6-5-16-13-29-14-17(16)11-19/h2-12,24H,13-14H2,1H3,(H,23,25). The average molecular weight is 424 g/mol. The van der Waals surface area contributed by atoms with Crippen LogP contribution in [0.2, 0.25) is 0 Å². The molecule has 0 aliphatic carbocycles. The van der Waals surface area contributed by atoms with Gasteiger partial charge in [-0.3, -0.25) is 9.52 Å². The van der Waals surface area contributed by atoms with Crippen molar-refractivity contribution >= 4 is 27.3 Å². The Morgan fingerprint density at radius 3 is 2.43 bits per heavy atom. The number of anilines is 2. The van der Waals surface area contributed by atoms with Gasteiger partial charge in [0.25, 0.3) is 15.9 Å². The molecule has 0 spiro atoms. The van der Waals surface area contributed by atoms with Gasteiger partial charge < -0.3 is 14.8 Å². The molecule has 0 bridgehead atoms. The molecule has 2 N–H and O–H groups in total. The fourth-order valence-corrected chi connectivity index (χ4v) is 4.23. The number of amides is 1. The van der Waals surface area contributed by atoms with Crippen LogP contribution >= 0.6 is 0 Å². The molecular formula is C22H20N2O5S. The number of carbonyl (C=O) groups is 1. The Morgan fingerprint density at radius 1 is 0.933 bits per heavy atom. The van der Waals surface area contributed by atoms with Gasteiger partial charge in [0.05, 0.1) is 25.2 Å². The van der Waals surface area contributed by atoms with E-state index < -0.39 is 15.9 Å². The number of carbonyl (C=O) groups excluding carboxylic acids is 1. The van der Waals surface area contributed by atoms with Gasteiger partial charge in [0.2, 0.25) is 0 Å². The van der Waals surface area contributed by atoms with E-state index in [1.54, 1.807) is 36.4 Å². The molecule has 0 aromatic heterocycles. The molecule has 3 aromatic rings. The summed E-state index contributed by atoms with van der Waals surface area (Å²) in [7, 11) is -2.32. The van der Waals surface area contributed by atoms with Crippen molar-refractivity contribution in [2.75, 3.05) is 17.1 Å². The van der Waals surface area contributed by atoms with E-state index in [1.165, 1.54) is 25.3 Å². The van der Waals surface area contributed by atoms with Crippen LogP contribution in [0.1, 0.15) is 21.5 Å². The van der Waals surface area contributed by atoms with Crippen molar-refractivity contribution in [1.29, 1.82) is 0 Å². The molecule has 0 saturated carbocycles. The van der Waals surface area contributed by atoms with Crippen LogP contribution in [0.5, 0.6) is 5.75 Å². The fourth-order valence-electron chi connectivity index (χ4n) is 3.13. The number of rotatable bonds is 6. The first-order valence-electron chi connectivity index (χ1n) is 9.22. The lowest BCUT2D eigenvalue weighted by Gasteiger charge is -2.11. The second-order valence-electron chi connectivity index (χ2n) is 6.79. The molecule has 1 aliphatic rings. The second-order valence-corrected chi connectivity index (χ2v) is 8.47. The molecule has 0 fully saturated rings. The lowest BCUT2D eigenvalue weighted by Crippen LogP contribution is -2.16. The number of hydrogen-bond donors (Lipinski definition) is 2. The zero-order valence-electron chi connectivity index (χ0n) is 16.2. The zero-order chi connectivity index (χ0) is 21.1. The Morgan fingerprint density at radius 2 is 1.67 bits per heavy atom. The maximum Gasteiger partial charge on any atom is 0.261 e. The fraction of sp³-hybridized carbons (Fsp3) is 0.136. The highest BCUT2D eigenvalue weighted by Gasteiger charge is 2.18. The normalized spacial score (nSPS) is 12.8. The third kappa shape index (κ3) is 4.29. The number of methoxy groups -OCH3 is 1. The van der Waals surface area contributed by atoms with Crippen molar-refractivity contribution in [2.24, 2.45) is 0 Å². The molecule has 3 aromatic carbocycles. The summed E-state index contributed by atoms with van der Waals surface area (Å²) < 4.78 is 38.4. The number of hydrogen-bond acceptors (Lipinski definition) is 5. The van der Waals surface area contributed by atoms with Crippen LogP contribution in [-0.4, -0.2) is 21.4 Å². The molecule has 0 unspecified atom stereocenters. The number of fused-ring (bicyclic) bond motifs is 1. The molecule has 1 aliphatic heterocycles. The van der Waals surface area contributed by atoms with Gasteiger partial charge in [0.1, 0.15) is 5.75 Å². The second kappa shape index (κ2) is 8.17. The summed E-state index contributed by atoms with van der Waals surface area (Å²) in [6.07, 6.45) is 0. The van der Waals surface area contributed by atoms with Crippen molar-refractivity contribution in [3.05, 3.63) is 83.4 Å². The zero-order valence-corrected chi connectivity index (χ0v) is 17.0. The molecule has 1 heterocycles. The minimum Gasteiger partial charge on any atom is -0.497 e. The van der Waals surface area contributed by atoms with Gasteiger partial charge in [-0.05, 0) is 65.7 Å². The number of ether oxygens (including phenoxy) is 2. The Kier molecular flexibility index (Phi) is 5.43. The Hall–Kier alpha value is -3.36. The van der Waals surface area contributed by atoms with E-state index in [2.05, 4.69) is 10.0 Å². The molecule has 0 saturated heterocycles. The summed E-state index contributed by atoms with van der Waals surface area (Å²) in [6, 6.07) is 18.0. The van der Waals surface area contributed by atoms with Gasteiger partial charge in [-0.1, -0.05) is 12.1 Å². The lowest BCUT2D eigenvalue weighted by atomic mass is 10.1. The molecule has 0 radical (unpaired) electrons. The van der Waals surface area contributed by atoms with Crippen molar-refractivity contribution in [1.82, 2.24) is 0 Å². The monoisotopic (exact) mass is 424 g/mol. The van der Waals surface area contributed by atoms with Gasteiger partial charge in [0, 0.05) is 16.9 Å². The summed E-state index contributed by atoms with van der Waals surface area (Å²) in [6.45, 7) is 1.09. The van der Waals surface area contributed by atoms with Crippen LogP contribution in [0.4, 0.5) is 11.4 Å². The van der Waals surface area contributed by atoms with Crippen LogP contribution in [0, 0.1) is 0 Å². The number of benzene rings is 3. The van der Waals surface area contributed by atoms with Crippen molar-refractivity contribution in [3.63, 3.8) is 0 Å². The van der Waals surface area contributed by atoms with E-state index in [4.69, 9.17) is 9.47 Å². The largest absolute Gasteiger partial charge is 0.497 e. The van der Waals surface area contributed by atoms with E-state index in [9.17, 15) is 13.2 Å². The van der Waals surface area contributed by atoms with Crippen molar-refractivity contribution in [2.45, 2.75) is 18.1 Å². The minimum atomic E-state index is -3.86. The molecule has 154 valence electrons. The van der Waals surface area contributed by atoms with Crippen LogP contribution < -0.4 is 14.8 Å². The average Bonchev–Trinajstić information content (AvgIpc) is 3.22. The molecule has 8 heteroatoms. The Balaban J connectivity index is 1.51. The predicted octanol–water partition coefficient (Wildman–Crippen LogP) is 3.78. The quantitative estimate of drug-likeness (QED) is 0.628. The number of sulfonamides is 1. The van der Waals surface area contributed by atoms with Gasteiger partial charge in [0.15, 0.2) is 0 Å². The Labute approximate surface area is 174 Å². The van der Waals surface area contributed by atoms with Crippen molar-refractivity contribution in [3.8, 4) is 5.75 Å². The van der Waals surface area contributed by atoms with Crippen LogP contribution in [-0.2, 0) is 28.0 Å². The highest BCUT2D eigenvalue weighted by molar-refractivity contribution is 7.92. The van der Waals surface area contributed by atoms with E-state index in [1.807, 2.05) is 12.1 Å². The van der Waals surface area contributed by atoms with E-state index in [0.29, 0.717) is 30.3 Å². The van der Waals surface area contributed by atoms with Crippen LogP contribution in [0.3, 0.4) is 0 Å². The molecule has 30 heavy (non-hydrogen) atoms. The first-order chi connectivity index (χ1) is 14.4. The van der Waals surface area contributed by atoms with Crippen LogP contribution in [0.15, 0.2) is 71.6 Å². The van der Waals surface area contributed by atoms with E-state index >= 15 is 0 Å². The minimum absolute atomic E-state index is 0.00618. The van der Waals surface area contributed by atoms with Gasteiger partial charge in [-0.15, -0.1) is 0 Å². The first-order valence-corrected chi connectivity index (χ1v) is 10.7. The Bertz CT molecular complexity index is 1190. The third-order valence-corrected chi connectivity index (χ3v) is 6.11. The summed E-state index contributed by atoms with van der Waals surface area (Å²) >= 11 is 0. The summed E-state index contributed by atoms with van der Waals surface area (Å²) in [5, 5.41) is 2.81. The van der Waals surface area contributed by atoms with Gasteiger partial charge >= 0.3 is 0 Å². The summed E-state index contributed by atoms with van der Waals surface area (Å²) in [4.78, 5) is 12.6. The van der Waals surface area contributed by atoms with E-state index in [-0.39, 0.29) is 10.5 Å². The lowest BCUT2D eigenvalue weighted by molar-refractivity contribution is 0.102. The highest BCUT2D eigenvalue weighted by Crippen LogP contribution is 2.24. The van der Waals surface area contributed by atoms with Gasteiger partial charge in [-0.2, -0.15) is 0 Å². The number of nitrogens with one attached hydrogen (secondary N) is 2. The molecule has 0 atom stereocenters. The van der Waals surface area contributed by atoms with E-state index in [0.717, 1.165) is 11.1 Å². The molecule has 1 amide bonds. The first kappa shape index (κ1) is 19.9. The predicted molar refractivity (Wildman–Crippen MR) is 113 cm³/mol. The summed E-state index contributed by atoms with van der Waals surface area (Å²) in [5.74, 6) is 0.227. The third-order valence-electron chi connectivity index (χ3n) is 4.73.